The quantitative estimate of drug-likeness (QED) is 0.686. The molecule has 1 N–H and O–H groups in total. The summed E-state index contributed by atoms with van der Waals surface area (Å²) in [6, 6.07) is 7.65. The lowest BCUT2D eigenvalue weighted by atomic mass is 9.98. The van der Waals surface area contributed by atoms with Gasteiger partial charge in [-0.3, -0.25) is 9.78 Å². The number of nitrogens with one attached hydrogen (secondary N) is 1. The summed E-state index contributed by atoms with van der Waals surface area (Å²) >= 11 is 6.04. The molecule has 0 unspecified atom stereocenters. The van der Waals surface area contributed by atoms with Gasteiger partial charge in [0.2, 0.25) is 5.91 Å². The maximum absolute atomic E-state index is 12.2. The normalized spacial score (nSPS) is 14.2. The zero-order valence-electron chi connectivity index (χ0n) is 15.0. The molecule has 1 fully saturated rings. The van der Waals surface area contributed by atoms with Crippen LogP contribution >= 0.6 is 11.6 Å². The number of carbonyl (C=O) groups is 1. The highest BCUT2D eigenvalue weighted by molar-refractivity contribution is 6.29. The Hall–Kier alpha value is -2.73. The highest BCUT2D eigenvalue weighted by Crippen LogP contribution is 2.33. The molecule has 1 aliphatic rings. The lowest BCUT2D eigenvalue weighted by molar-refractivity contribution is -0.125. The van der Waals surface area contributed by atoms with E-state index in [0.29, 0.717) is 18.2 Å². The molecule has 0 spiro atoms. The first-order valence-corrected chi connectivity index (χ1v) is 9.43. The second kappa shape index (κ2) is 7.48. The van der Waals surface area contributed by atoms with Gasteiger partial charge < -0.3 is 10.2 Å². The summed E-state index contributed by atoms with van der Waals surface area (Å²) in [6.45, 7) is 4.11. The molecular formula is C20H20ClN5O. The number of carbonyl (C=O) groups excluding carboxylic acids is 1. The van der Waals surface area contributed by atoms with Crippen LogP contribution in [0.4, 0.5) is 5.82 Å². The lowest BCUT2D eigenvalue weighted by Gasteiger charge is -2.39. The van der Waals surface area contributed by atoms with Crippen molar-refractivity contribution in [2.24, 2.45) is 5.92 Å². The number of nitrogens with zero attached hydrogens (tertiary/aromatic N) is 4. The number of anilines is 1. The summed E-state index contributed by atoms with van der Waals surface area (Å²) in [5, 5.41) is 5.43. The minimum Gasteiger partial charge on any atom is -0.356 e. The lowest BCUT2D eigenvalue weighted by Crippen LogP contribution is -2.54. The molecular weight excluding hydrogens is 362 g/mol. The Labute approximate surface area is 162 Å². The van der Waals surface area contributed by atoms with Crippen molar-refractivity contribution < 1.29 is 4.79 Å². The molecule has 4 rings (SSSR count). The van der Waals surface area contributed by atoms with Crippen molar-refractivity contribution in [3.05, 3.63) is 48.0 Å². The third-order valence-electron chi connectivity index (χ3n) is 4.73. The van der Waals surface area contributed by atoms with Crippen LogP contribution < -0.4 is 10.2 Å². The molecule has 0 aromatic carbocycles. The van der Waals surface area contributed by atoms with E-state index in [4.69, 9.17) is 16.6 Å². The fourth-order valence-corrected chi connectivity index (χ4v) is 3.41. The molecule has 0 atom stereocenters. The summed E-state index contributed by atoms with van der Waals surface area (Å²) in [4.78, 5) is 27.4. The molecule has 3 aromatic heterocycles. The SMILES string of the molecule is CCCNC(=O)C1CN(c2nc(-c3ccnc(Cl)c3)cc3cnccc23)C1. The largest absolute Gasteiger partial charge is 0.356 e. The third kappa shape index (κ3) is 3.57. The van der Waals surface area contributed by atoms with Crippen LogP contribution in [0.3, 0.4) is 0 Å². The number of hydrogen-bond acceptors (Lipinski definition) is 5. The van der Waals surface area contributed by atoms with Crippen molar-refractivity contribution in [3.8, 4) is 11.3 Å². The second-order valence-corrected chi connectivity index (χ2v) is 7.08. The summed E-state index contributed by atoms with van der Waals surface area (Å²) in [5.41, 5.74) is 1.72. The molecule has 138 valence electrons. The number of hydrogen-bond donors (Lipinski definition) is 1. The smallest absolute Gasteiger partial charge is 0.226 e. The van der Waals surface area contributed by atoms with Crippen LogP contribution in [0, 0.1) is 5.92 Å². The highest BCUT2D eigenvalue weighted by atomic mass is 35.5. The van der Waals surface area contributed by atoms with E-state index in [1.54, 1.807) is 18.5 Å². The van der Waals surface area contributed by atoms with Crippen LogP contribution in [0.25, 0.3) is 22.0 Å². The van der Waals surface area contributed by atoms with Crippen LogP contribution in [0.1, 0.15) is 13.3 Å². The standard InChI is InChI=1S/C20H20ClN5O/c1-2-5-24-20(27)15-11-26(12-15)19-16-4-6-22-10-14(16)8-17(25-19)13-3-7-23-18(21)9-13/h3-4,6-10,15H,2,5,11-12H2,1H3,(H,24,27). The van der Waals surface area contributed by atoms with Gasteiger partial charge in [-0.1, -0.05) is 18.5 Å². The van der Waals surface area contributed by atoms with Gasteiger partial charge >= 0.3 is 0 Å². The van der Waals surface area contributed by atoms with Gasteiger partial charge in [0, 0.05) is 54.6 Å². The Bertz CT molecular complexity index is 987. The second-order valence-electron chi connectivity index (χ2n) is 6.69. The molecule has 3 aromatic rings. The van der Waals surface area contributed by atoms with Gasteiger partial charge in [-0.25, -0.2) is 9.97 Å². The van der Waals surface area contributed by atoms with Crippen molar-refractivity contribution in [1.29, 1.82) is 0 Å². The van der Waals surface area contributed by atoms with Crippen molar-refractivity contribution >= 4 is 34.1 Å². The van der Waals surface area contributed by atoms with E-state index in [9.17, 15) is 4.79 Å². The molecule has 27 heavy (non-hydrogen) atoms. The van der Waals surface area contributed by atoms with Crippen molar-refractivity contribution in [2.75, 3.05) is 24.5 Å². The average Bonchev–Trinajstić information content (AvgIpc) is 2.65. The first-order valence-electron chi connectivity index (χ1n) is 9.05. The Morgan fingerprint density at radius 3 is 2.93 bits per heavy atom. The molecule has 6 nitrogen and oxygen atoms in total. The molecule has 0 radical (unpaired) electrons. The number of aromatic nitrogens is 3. The number of fused-ring (bicyclic) bond motifs is 1. The van der Waals surface area contributed by atoms with Crippen molar-refractivity contribution in [2.45, 2.75) is 13.3 Å². The molecule has 7 heteroatoms. The van der Waals surface area contributed by atoms with Crippen LogP contribution in [-0.2, 0) is 4.79 Å². The fraction of sp³-hybridized carbons (Fsp3) is 0.300. The Morgan fingerprint density at radius 1 is 1.30 bits per heavy atom. The van der Waals surface area contributed by atoms with Crippen molar-refractivity contribution in [1.82, 2.24) is 20.3 Å². The van der Waals surface area contributed by atoms with E-state index in [2.05, 4.69) is 20.2 Å². The van der Waals surface area contributed by atoms with Crippen LogP contribution in [0.2, 0.25) is 5.15 Å². The first-order chi connectivity index (χ1) is 13.2. The monoisotopic (exact) mass is 381 g/mol. The van der Waals surface area contributed by atoms with Gasteiger partial charge in [0.05, 0.1) is 11.6 Å². The first kappa shape index (κ1) is 17.7. The molecule has 4 heterocycles. The van der Waals surface area contributed by atoms with Gasteiger partial charge in [0.25, 0.3) is 0 Å². The molecule has 0 saturated carbocycles. The predicted octanol–water partition coefficient (Wildman–Crippen LogP) is 3.31. The third-order valence-corrected chi connectivity index (χ3v) is 4.94. The summed E-state index contributed by atoms with van der Waals surface area (Å²) in [7, 11) is 0. The number of halogens is 1. The molecule has 0 aliphatic carbocycles. The average molecular weight is 382 g/mol. The fourth-order valence-electron chi connectivity index (χ4n) is 3.24. The van der Waals surface area contributed by atoms with Gasteiger partial charge in [-0.15, -0.1) is 0 Å². The molecule has 0 bridgehead atoms. The van der Waals surface area contributed by atoms with Crippen LogP contribution in [-0.4, -0.2) is 40.5 Å². The minimum atomic E-state index is 0.00858. The van der Waals surface area contributed by atoms with E-state index < -0.39 is 0 Å². The Balaban J connectivity index is 1.65. The topological polar surface area (TPSA) is 71.0 Å². The minimum absolute atomic E-state index is 0.00858. The number of rotatable bonds is 5. The summed E-state index contributed by atoms with van der Waals surface area (Å²) < 4.78 is 0. The van der Waals surface area contributed by atoms with Gasteiger partial charge in [-0.05, 0) is 30.7 Å². The molecule has 1 amide bonds. The van der Waals surface area contributed by atoms with E-state index in [-0.39, 0.29) is 11.8 Å². The molecule has 1 saturated heterocycles. The maximum atomic E-state index is 12.2. The van der Waals surface area contributed by atoms with Gasteiger partial charge in [-0.2, -0.15) is 0 Å². The van der Waals surface area contributed by atoms with Crippen molar-refractivity contribution in [3.63, 3.8) is 0 Å². The van der Waals surface area contributed by atoms with E-state index in [1.807, 2.05) is 31.3 Å². The van der Waals surface area contributed by atoms with Crippen LogP contribution in [0.15, 0.2) is 42.9 Å². The van der Waals surface area contributed by atoms with E-state index in [1.165, 1.54) is 0 Å². The zero-order valence-corrected chi connectivity index (χ0v) is 15.8. The van der Waals surface area contributed by atoms with E-state index in [0.717, 1.165) is 40.8 Å². The predicted molar refractivity (Wildman–Crippen MR) is 107 cm³/mol. The number of amides is 1. The number of pyridine rings is 3. The summed E-state index contributed by atoms with van der Waals surface area (Å²) in [6.07, 6.45) is 6.21. The highest BCUT2D eigenvalue weighted by Gasteiger charge is 2.34. The van der Waals surface area contributed by atoms with Crippen LogP contribution in [0.5, 0.6) is 0 Å². The zero-order chi connectivity index (χ0) is 18.8. The van der Waals surface area contributed by atoms with Gasteiger partial charge in [0.15, 0.2) is 0 Å². The Kier molecular flexibility index (Phi) is 4.90. The maximum Gasteiger partial charge on any atom is 0.226 e. The Morgan fingerprint density at radius 2 is 2.15 bits per heavy atom. The molecule has 1 aliphatic heterocycles. The van der Waals surface area contributed by atoms with E-state index >= 15 is 0 Å². The van der Waals surface area contributed by atoms with Gasteiger partial charge in [0.1, 0.15) is 11.0 Å². The summed E-state index contributed by atoms with van der Waals surface area (Å²) in [5.74, 6) is 1.00.